The standard InChI is InChI=1S/C17H22N2O4/c20-16-15(10-18-16)19-17(21)22-11-12-6-8-14(9-7-12)23-13-4-2-1-3-5-13/h6-9,13,15H,1-5,10-11H2,(H,18,20)(H,19,21)/t15-/m0/s1. The highest BCUT2D eigenvalue weighted by Gasteiger charge is 2.29. The first-order chi connectivity index (χ1) is 11.2. The molecule has 6 nitrogen and oxygen atoms in total. The van der Waals surface area contributed by atoms with Crippen molar-refractivity contribution in [2.45, 2.75) is 50.9 Å². The van der Waals surface area contributed by atoms with Crippen molar-refractivity contribution in [1.29, 1.82) is 0 Å². The molecule has 0 bridgehead atoms. The van der Waals surface area contributed by atoms with Gasteiger partial charge in [0.25, 0.3) is 0 Å². The summed E-state index contributed by atoms with van der Waals surface area (Å²) in [6, 6.07) is 7.13. The molecule has 1 aliphatic heterocycles. The van der Waals surface area contributed by atoms with Crippen molar-refractivity contribution in [3.8, 4) is 5.75 Å². The summed E-state index contributed by atoms with van der Waals surface area (Å²) in [5.74, 6) is 0.683. The number of hydrogen-bond acceptors (Lipinski definition) is 4. The summed E-state index contributed by atoms with van der Waals surface area (Å²) in [5.41, 5.74) is 0.884. The zero-order valence-electron chi connectivity index (χ0n) is 13.0. The maximum absolute atomic E-state index is 11.6. The van der Waals surface area contributed by atoms with Crippen molar-refractivity contribution < 1.29 is 19.1 Å². The number of carbonyl (C=O) groups excluding carboxylic acids is 2. The first kappa shape index (κ1) is 15.6. The van der Waals surface area contributed by atoms with Crippen molar-refractivity contribution in [3.05, 3.63) is 29.8 Å². The Labute approximate surface area is 135 Å². The minimum atomic E-state index is -0.576. The number of nitrogens with one attached hydrogen (secondary N) is 2. The van der Waals surface area contributed by atoms with Crippen LogP contribution in [0.1, 0.15) is 37.7 Å². The van der Waals surface area contributed by atoms with Gasteiger partial charge in [-0.3, -0.25) is 4.79 Å². The molecule has 124 valence electrons. The Balaban J connectivity index is 1.41. The van der Waals surface area contributed by atoms with Gasteiger partial charge in [-0.05, 0) is 43.4 Å². The Bertz CT molecular complexity index is 552. The molecule has 0 unspecified atom stereocenters. The Morgan fingerprint density at radius 3 is 2.52 bits per heavy atom. The van der Waals surface area contributed by atoms with Crippen LogP contribution in [-0.4, -0.2) is 30.7 Å². The van der Waals surface area contributed by atoms with Gasteiger partial charge in [-0.15, -0.1) is 0 Å². The molecule has 2 amide bonds. The second kappa shape index (κ2) is 7.35. The second-order valence-corrected chi connectivity index (χ2v) is 6.04. The third kappa shape index (κ3) is 4.37. The summed E-state index contributed by atoms with van der Waals surface area (Å²) in [6.45, 7) is 0.630. The van der Waals surface area contributed by atoms with E-state index in [1.807, 2.05) is 24.3 Å². The van der Waals surface area contributed by atoms with E-state index in [0.717, 1.165) is 24.2 Å². The number of alkyl carbamates (subject to hydrolysis) is 1. The molecule has 2 aliphatic rings. The summed E-state index contributed by atoms with van der Waals surface area (Å²) in [5, 5.41) is 5.06. The molecule has 23 heavy (non-hydrogen) atoms. The van der Waals surface area contributed by atoms with Gasteiger partial charge in [-0.2, -0.15) is 0 Å². The van der Waals surface area contributed by atoms with Crippen LogP contribution in [0.15, 0.2) is 24.3 Å². The predicted molar refractivity (Wildman–Crippen MR) is 84.1 cm³/mol. The first-order valence-electron chi connectivity index (χ1n) is 8.17. The smallest absolute Gasteiger partial charge is 0.408 e. The summed E-state index contributed by atoms with van der Waals surface area (Å²) < 4.78 is 11.1. The van der Waals surface area contributed by atoms with Crippen molar-refractivity contribution in [1.82, 2.24) is 10.6 Å². The lowest BCUT2D eigenvalue weighted by Gasteiger charge is -2.26. The molecule has 1 aliphatic carbocycles. The van der Waals surface area contributed by atoms with Crippen LogP contribution in [0.4, 0.5) is 4.79 Å². The normalized spacial score (nSPS) is 21.0. The summed E-state index contributed by atoms with van der Waals surface area (Å²) in [7, 11) is 0. The Morgan fingerprint density at radius 2 is 1.91 bits per heavy atom. The van der Waals surface area contributed by atoms with Gasteiger partial charge in [0.2, 0.25) is 5.91 Å². The van der Waals surface area contributed by atoms with E-state index in [2.05, 4.69) is 10.6 Å². The maximum Gasteiger partial charge on any atom is 0.408 e. The van der Waals surface area contributed by atoms with Crippen molar-refractivity contribution in [3.63, 3.8) is 0 Å². The molecule has 1 saturated carbocycles. The SMILES string of the molecule is O=C(N[C@H]1CNC1=O)OCc1ccc(OC2CCCCC2)cc1. The van der Waals surface area contributed by atoms with Gasteiger partial charge in [0.05, 0.1) is 6.10 Å². The zero-order valence-corrected chi connectivity index (χ0v) is 13.0. The van der Waals surface area contributed by atoms with Crippen LogP contribution in [0, 0.1) is 0 Å². The van der Waals surface area contributed by atoms with E-state index in [0.29, 0.717) is 12.6 Å². The highest BCUT2D eigenvalue weighted by molar-refractivity contribution is 5.90. The molecule has 0 radical (unpaired) electrons. The van der Waals surface area contributed by atoms with Crippen LogP contribution in [-0.2, 0) is 16.1 Å². The lowest BCUT2D eigenvalue weighted by atomic mass is 9.98. The fourth-order valence-electron chi connectivity index (χ4n) is 2.78. The van der Waals surface area contributed by atoms with Gasteiger partial charge in [-0.25, -0.2) is 4.79 Å². The molecule has 1 aromatic carbocycles. The third-order valence-electron chi connectivity index (χ3n) is 4.24. The van der Waals surface area contributed by atoms with Gasteiger partial charge in [0, 0.05) is 6.54 Å². The zero-order chi connectivity index (χ0) is 16.1. The van der Waals surface area contributed by atoms with Gasteiger partial charge in [0.15, 0.2) is 0 Å². The number of ether oxygens (including phenoxy) is 2. The van der Waals surface area contributed by atoms with E-state index in [1.54, 1.807) is 0 Å². The van der Waals surface area contributed by atoms with Gasteiger partial charge < -0.3 is 20.1 Å². The largest absolute Gasteiger partial charge is 0.490 e. The minimum absolute atomic E-state index is 0.171. The molecule has 3 rings (SSSR count). The molecule has 1 heterocycles. The fraction of sp³-hybridized carbons (Fsp3) is 0.529. The van der Waals surface area contributed by atoms with Crippen LogP contribution in [0.2, 0.25) is 0 Å². The number of hydrogen-bond donors (Lipinski definition) is 2. The quantitative estimate of drug-likeness (QED) is 0.815. The van der Waals surface area contributed by atoms with Gasteiger partial charge in [-0.1, -0.05) is 18.6 Å². The molecular weight excluding hydrogens is 296 g/mol. The molecule has 1 saturated heterocycles. The van der Waals surface area contributed by atoms with Crippen molar-refractivity contribution in [2.24, 2.45) is 0 Å². The second-order valence-electron chi connectivity index (χ2n) is 6.04. The summed E-state index contributed by atoms with van der Waals surface area (Å²) in [6.07, 6.45) is 5.79. The van der Waals surface area contributed by atoms with Gasteiger partial charge in [0.1, 0.15) is 18.4 Å². The lowest BCUT2D eigenvalue weighted by Crippen LogP contribution is -2.61. The highest BCUT2D eigenvalue weighted by atomic mass is 16.5. The minimum Gasteiger partial charge on any atom is -0.490 e. The number of amides is 2. The lowest BCUT2D eigenvalue weighted by molar-refractivity contribution is -0.128. The van der Waals surface area contributed by atoms with E-state index in [4.69, 9.17) is 9.47 Å². The van der Waals surface area contributed by atoms with E-state index < -0.39 is 12.1 Å². The molecule has 6 heteroatoms. The molecule has 2 fully saturated rings. The van der Waals surface area contributed by atoms with E-state index >= 15 is 0 Å². The Kier molecular flexibility index (Phi) is 5.00. The number of rotatable bonds is 5. The van der Waals surface area contributed by atoms with E-state index in [-0.39, 0.29) is 12.5 Å². The molecule has 2 N–H and O–H groups in total. The monoisotopic (exact) mass is 318 g/mol. The van der Waals surface area contributed by atoms with E-state index in [1.165, 1.54) is 19.3 Å². The van der Waals surface area contributed by atoms with E-state index in [9.17, 15) is 9.59 Å². The highest BCUT2D eigenvalue weighted by Crippen LogP contribution is 2.23. The molecular formula is C17H22N2O4. The number of β-lactam (4-membered cyclic amide) rings is 1. The first-order valence-corrected chi connectivity index (χ1v) is 8.17. The van der Waals surface area contributed by atoms with Gasteiger partial charge >= 0.3 is 6.09 Å². The molecule has 0 spiro atoms. The van der Waals surface area contributed by atoms with Crippen molar-refractivity contribution >= 4 is 12.0 Å². The fourth-order valence-corrected chi connectivity index (χ4v) is 2.78. The van der Waals surface area contributed by atoms with Crippen LogP contribution in [0.3, 0.4) is 0 Å². The summed E-state index contributed by atoms with van der Waals surface area (Å²) >= 11 is 0. The van der Waals surface area contributed by atoms with Crippen LogP contribution < -0.4 is 15.4 Å². The molecule has 1 atom stereocenters. The van der Waals surface area contributed by atoms with Crippen molar-refractivity contribution in [2.75, 3.05) is 6.54 Å². The maximum atomic E-state index is 11.6. The molecule has 0 aromatic heterocycles. The van der Waals surface area contributed by atoms with Crippen LogP contribution in [0.25, 0.3) is 0 Å². The van der Waals surface area contributed by atoms with Crippen LogP contribution >= 0.6 is 0 Å². The summed E-state index contributed by atoms with van der Waals surface area (Å²) in [4.78, 5) is 22.6. The number of carbonyl (C=O) groups is 2. The van der Waals surface area contributed by atoms with Crippen LogP contribution in [0.5, 0.6) is 5.75 Å². The molecule has 1 aromatic rings. The average Bonchev–Trinajstić information content (AvgIpc) is 2.59. The topological polar surface area (TPSA) is 76.7 Å². The third-order valence-corrected chi connectivity index (χ3v) is 4.24. The Hall–Kier alpha value is -2.24. The Morgan fingerprint density at radius 1 is 1.17 bits per heavy atom. The predicted octanol–water partition coefficient (Wildman–Crippen LogP) is 2.12. The average molecular weight is 318 g/mol. The number of benzene rings is 1.